The first-order valence-corrected chi connectivity index (χ1v) is 9.41. The SMILES string of the molecule is C=CCOc1ccc(N(CC(=O)OC)S(=O)(=O)c2ccc([N+](=O)[O-])cc2)cc1. The maximum absolute atomic E-state index is 13.0. The number of nitrogens with zero attached hydrogens (tertiary/aromatic N) is 2. The normalized spacial score (nSPS) is 10.8. The third-order valence-corrected chi connectivity index (χ3v) is 5.42. The average molecular weight is 406 g/mol. The molecule has 0 saturated heterocycles. The highest BCUT2D eigenvalue weighted by Gasteiger charge is 2.28. The Morgan fingerprint density at radius 1 is 1.18 bits per heavy atom. The summed E-state index contributed by atoms with van der Waals surface area (Å²) in [4.78, 5) is 21.7. The quantitative estimate of drug-likeness (QED) is 0.272. The highest BCUT2D eigenvalue weighted by molar-refractivity contribution is 7.92. The fourth-order valence-corrected chi connectivity index (χ4v) is 3.64. The van der Waals surface area contributed by atoms with Gasteiger partial charge in [0.25, 0.3) is 15.7 Å². The molecule has 10 heteroatoms. The number of sulfonamides is 1. The van der Waals surface area contributed by atoms with Gasteiger partial charge in [0.15, 0.2) is 0 Å². The van der Waals surface area contributed by atoms with E-state index in [0.717, 1.165) is 35.7 Å². The smallest absolute Gasteiger partial charge is 0.326 e. The van der Waals surface area contributed by atoms with Gasteiger partial charge in [-0.05, 0) is 36.4 Å². The van der Waals surface area contributed by atoms with E-state index in [1.807, 2.05) is 0 Å². The van der Waals surface area contributed by atoms with E-state index in [0.29, 0.717) is 5.75 Å². The minimum Gasteiger partial charge on any atom is -0.490 e. The molecule has 2 rings (SSSR count). The third-order valence-electron chi connectivity index (χ3n) is 3.63. The number of nitro benzene ring substituents is 1. The third kappa shape index (κ3) is 4.86. The average Bonchev–Trinajstić information content (AvgIpc) is 2.70. The van der Waals surface area contributed by atoms with Gasteiger partial charge < -0.3 is 9.47 Å². The van der Waals surface area contributed by atoms with E-state index in [-0.39, 0.29) is 22.9 Å². The van der Waals surface area contributed by atoms with E-state index in [9.17, 15) is 23.3 Å². The summed E-state index contributed by atoms with van der Waals surface area (Å²) in [5, 5.41) is 10.8. The van der Waals surface area contributed by atoms with E-state index < -0.39 is 27.5 Å². The molecule has 0 atom stereocenters. The van der Waals surface area contributed by atoms with E-state index in [2.05, 4.69) is 11.3 Å². The number of esters is 1. The minimum atomic E-state index is -4.18. The first-order chi connectivity index (χ1) is 13.3. The number of rotatable bonds is 9. The standard InChI is InChI=1S/C18H18N2O7S/c1-3-12-27-16-8-4-14(5-9-16)19(13-18(21)26-2)28(24,25)17-10-6-15(7-11-17)20(22)23/h3-11H,1,12-13H2,2H3. The van der Waals surface area contributed by atoms with Crippen LogP contribution in [0.1, 0.15) is 0 Å². The second-order valence-electron chi connectivity index (χ2n) is 5.43. The first-order valence-electron chi connectivity index (χ1n) is 7.97. The number of hydrogen-bond acceptors (Lipinski definition) is 7. The van der Waals surface area contributed by atoms with E-state index in [4.69, 9.17) is 4.74 Å². The van der Waals surface area contributed by atoms with Crippen molar-refractivity contribution in [1.29, 1.82) is 0 Å². The number of non-ortho nitro benzene ring substituents is 1. The lowest BCUT2D eigenvalue weighted by atomic mass is 10.3. The number of methoxy groups -OCH3 is 1. The molecule has 0 aliphatic rings. The number of benzene rings is 2. The Labute approximate surface area is 162 Å². The fraction of sp³-hybridized carbons (Fsp3) is 0.167. The molecule has 0 radical (unpaired) electrons. The van der Waals surface area contributed by atoms with Gasteiger partial charge in [-0.3, -0.25) is 19.2 Å². The van der Waals surface area contributed by atoms with Crippen molar-refractivity contribution in [2.75, 3.05) is 24.6 Å². The lowest BCUT2D eigenvalue weighted by molar-refractivity contribution is -0.384. The fourth-order valence-electron chi connectivity index (χ4n) is 2.23. The van der Waals surface area contributed by atoms with E-state index in [1.165, 1.54) is 12.1 Å². The Kier molecular flexibility index (Phi) is 6.72. The van der Waals surface area contributed by atoms with E-state index in [1.54, 1.807) is 18.2 Å². The molecule has 148 valence electrons. The van der Waals surface area contributed by atoms with Crippen LogP contribution in [-0.2, 0) is 19.6 Å². The van der Waals surface area contributed by atoms with Crippen LogP contribution in [0, 0.1) is 10.1 Å². The predicted molar refractivity (Wildman–Crippen MR) is 102 cm³/mol. The molecule has 0 fully saturated rings. The summed E-state index contributed by atoms with van der Waals surface area (Å²) in [7, 11) is -3.03. The number of hydrogen-bond donors (Lipinski definition) is 0. The van der Waals surface area contributed by atoms with Gasteiger partial charge >= 0.3 is 5.97 Å². The van der Waals surface area contributed by atoms with Crippen LogP contribution in [0.2, 0.25) is 0 Å². The van der Waals surface area contributed by atoms with Crippen molar-refractivity contribution in [3.8, 4) is 5.75 Å². The summed E-state index contributed by atoms with van der Waals surface area (Å²) in [5.74, 6) is -0.271. The molecule has 0 N–H and O–H groups in total. The van der Waals surface area contributed by atoms with Crippen LogP contribution in [0.3, 0.4) is 0 Å². The van der Waals surface area contributed by atoms with Gasteiger partial charge in [0.1, 0.15) is 18.9 Å². The maximum atomic E-state index is 13.0. The number of ether oxygens (including phenoxy) is 2. The predicted octanol–water partition coefficient (Wildman–Crippen LogP) is 2.53. The molecule has 0 unspecified atom stereocenters. The van der Waals surface area contributed by atoms with Crippen molar-refractivity contribution in [3.05, 3.63) is 71.3 Å². The Balaban J connectivity index is 2.42. The van der Waals surface area contributed by atoms with Gasteiger partial charge in [0.05, 0.1) is 22.6 Å². The maximum Gasteiger partial charge on any atom is 0.326 e. The molecule has 0 amide bonds. The molecule has 0 heterocycles. The van der Waals surface area contributed by atoms with Gasteiger partial charge in [0.2, 0.25) is 0 Å². The monoisotopic (exact) mass is 406 g/mol. The van der Waals surface area contributed by atoms with Crippen molar-refractivity contribution >= 4 is 27.4 Å². The number of nitro groups is 1. The van der Waals surface area contributed by atoms with Gasteiger partial charge in [-0.2, -0.15) is 0 Å². The van der Waals surface area contributed by atoms with Crippen molar-refractivity contribution in [1.82, 2.24) is 0 Å². The zero-order chi connectivity index (χ0) is 20.7. The Morgan fingerprint density at radius 3 is 2.29 bits per heavy atom. The van der Waals surface area contributed by atoms with Crippen LogP contribution in [0.4, 0.5) is 11.4 Å². The molecule has 0 saturated carbocycles. The Morgan fingerprint density at radius 2 is 1.79 bits per heavy atom. The summed E-state index contributed by atoms with van der Waals surface area (Å²) in [6, 6.07) is 10.4. The topological polar surface area (TPSA) is 116 Å². The van der Waals surface area contributed by atoms with Crippen LogP contribution >= 0.6 is 0 Å². The van der Waals surface area contributed by atoms with Crippen LogP contribution < -0.4 is 9.04 Å². The van der Waals surface area contributed by atoms with Crippen molar-refractivity contribution in [3.63, 3.8) is 0 Å². The zero-order valence-corrected chi connectivity index (χ0v) is 15.8. The number of carbonyl (C=O) groups excluding carboxylic acids is 1. The zero-order valence-electron chi connectivity index (χ0n) is 15.0. The summed E-state index contributed by atoms with van der Waals surface area (Å²) < 4.78 is 36.9. The summed E-state index contributed by atoms with van der Waals surface area (Å²) in [6.07, 6.45) is 1.57. The number of carbonyl (C=O) groups is 1. The first kappa shape index (κ1) is 20.9. The van der Waals surface area contributed by atoms with Crippen LogP contribution in [0.25, 0.3) is 0 Å². The molecule has 28 heavy (non-hydrogen) atoms. The largest absolute Gasteiger partial charge is 0.490 e. The van der Waals surface area contributed by atoms with Crippen LogP contribution in [0.5, 0.6) is 5.75 Å². The lowest BCUT2D eigenvalue weighted by Crippen LogP contribution is -2.36. The highest BCUT2D eigenvalue weighted by atomic mass is 32.2. The minimum absolute atomic E-state index is 0.200. The van der Waals surface area contributed by atoms with Crippen molar-refractivity contribution in [2.45, 2.75) is 4.90 Å². The summed E-state index contributed by atoms with van der Waals surface area (Å²) >= 11 is 0. The molecule has 0 bridgehead atoms. The van der Waals surface area contributed by atoms with Crippen LogP contribution in [-0.4, -0.2) is 39.6 Å². The van der Waals surface area contributed by atoms with Crippen molar-refractivity contribution in [2.24, 2.45) is 0 Å². The molecular formula is C18H18N2O7S. The van der Waals surface area contributed by atoms with Gasteiger partial charge in [0, 0.05) is 12.1 Å². The Bertz CT molecular complexity index is 954. The lowest BCUT2D eigenvalue weighted by Gasteiger charge is -2.23. The molecule has 0 aromatic heterocycles. The second-order valence-corrected chi connectivity index (χ2v) is 7.29. The van der Waals surface area contributed by atoms with E-state index >= 15 is 0 Å². The summed E-state index contributed by atoms with van der Waals surface area (Å²) in [6.45, 7) is 3.26. The number of anilines is 1. The van der Waals surface area contributed by atoms with Gasteiger partial charge in [-0.1, -0.05) is 12.7 Å². The highest BCUT2D eigenvalue weighted by Crippen LogP contribution is 2.27. The molecule has 0 aliphatic heterocycles. The molecular weight excluding hydrogens is 388 g/mol. The second kappa shape index (κ2) is 9.00. The molecule has 9 nitrogen and oxygen atoms in total. The molecule has 0 aliphatic carbocycles. The summed E-state index contributed by atoms with van der Waals surface area (Å²) in [5.41, 5.74) is -0.0445. The van der Waals surface area contributed by atoms with Crippen molar-refractivity contribution < 1.29 is 27.6 Å². The molecule has 2 aromatic carbocycles. The van der Waals surface area contributed by atoms with Gasteiger partial charge in [-0.25, -0.2) is 8.42 Å². The molecule has 0 spiro atoms. The molecule has 2 aromatic rings. The van der Waals surface area contributed by atoms with Crippen LogP contribution in [0.15, 0.2) is 66.1 Å². The van der Waals surface area contributed by atoms with Gasteiger partial charge in [-0.15, -0.1) is 0 Å². The Hall–Kier alpha value is -3.40.